The predicted molar refractivity (Wildman–Crippen MR) is 129 cm³/mol. The van der Waals surface area contributed by atoms with E-state index >= 15 is 0 Å². The first kappa shape index (κ1) is 20.0. The Hall–Kier alpha value is -2.31. The lowest BCUT2D eigenvalue weighted by Gasteiger charge is -2.18. The first-order chi connectivity index (χ1) is 13.9. The zero-order valence-corrected chi connectivity index (χ0v) is 18.6. The number of anilines is 3. The van der Waals surface area contributed by atoms with E-state index in [2.05, 4.69) is 30.0 Å². The van der Waals surface area contributed by atoms with Crippen molar-refractivity contribution in [1.82, 2.24) is 0 Å². The first-order valence-corrected chi connectivity index (χ1v) is 11.1. The SMILES string of the molecule is Cc1cc(N2CCCC2)ccc1C=C1SC(=S)N(c2ccc(N(C)C)cc2)C1=O. The van der Waals surface area contributed by atoms with Gasteiger partial charge < -0.3 is 9.80 Å². The number of hydrogen-bond donors (Lipinski definition) is 0. The molecular formula is C23H25N3OS2. The van der Waals surface area contributed by atoms with Crippen LogP contribution in [0.2, 0.25) is 0 Å². The van der Waals surface area contributed by atoms with Crippen LogP contribution in [-0.2, 0) is 4.79 Å². The van der Waals surface area contributed by atoms with Crippen molar-refractivity contribution in [3.8, 4) is 0 Å². The summed E-state index contributed by atoms with van der Waals surface area (Å²) in [5.74, 6) is -0.0550. The van der Waals surface area contributed by atoms with Crippen LogP contribution in [0.25, 0.3) is 6.08 Å². The summed E-state index contributed by atoms with van der Waals surface area (Å²) in [5.41, 5.74) is 5.41. The monoisotopic (exact) mass is 423 g/mol. The third kappa shape index (κ3) is 4.05. The van der Waals surface area contributed by atoms with Gasteiger partial charge in [-0.1, -0.05) is 30.0 Å². The number of thioether (sulfide) groups is 1. The minimum atomic E-state index is -0.0550. The van der Waals surface area contributed by atoms with Crippen LogP contribution in [0.1, 0.15) is 24.0 Å². The van der Waals surface area contributed by atoms with Crippen LogP contribution in [-0.4, -0.2) is 37.4 Å². The molecule has 0 radical (unpaired) electrons. The molecule has 2 heterocycles. The fourth-order valence-electron chi connectivity index (χ4n) is 3.73. The molecule has 1 amide bonds. The van der Waals surface area contributed by atoms with Crippen LogP contribution in [0.3, 0.4) is 0 Å². The molecular weight excluding hydrogens is 398 g/mol. The molecule has 2 aliphatic heterocycles. The lowest BCUT2D eigenvalue weighted by atomic mass is 10.1. The fourth-order valence-corrected chi connectivity index (χ4v) is 5.02. The topological polar surface area (TPSA) is 26.8 Å². The second-order valence-electron chi connectivity index (χ2n) is 7.66. The van der Waals surface area contributed by atoms with E-state index in [9.17, 15) is 4.79 Å². The molecule has 2 aromatic rings. The van der Waals surface area contributed by atoms with Crippen molar-refractivity contribution in [2.75, 3.05) is 41.9 Å². The number of carbonyl (C=O) groups is 1. The van der Waals surface area contributed by atoms with Crippen molar-refractivity contribution in [2.45, 2.75) is 19.8 Å². The molecule has 2 fully saturated rings. The van der Waals surface area contributed by atoms with Crippen molar-refractivity contribution in [1.29, 1.82) is 0 Å². The third-order valence-electron chi connectivity index (χ3n) is 5.43. The zero-order valence-electron chi connectivity index (χ0n) is 17.0. The van der Waals surface area contributed by atoms with Crippen LogP contribution in [0.5, 0.6) is 0 Å². The maximum atomic E-state index is 13.1. The summed E-state index contributed by atoms with van der Waals surface area (Å²) in [6.07, 6.45) is 4.49. The minimum Gasteiger partial charge on any atom is -0.378 e. The summed E-state index contributed by atoms with van der Waals surface area (Å²) in [6, 6.07) is 14.4. The third-order valence-corrected chi connectivity index (χ3v) is 6.73. The summed E-state index contributed by atoms with van der Waals surface area (Å²) >= 11 is 6.88. The van der Waals surface area contributed by atoms with Gasteiger partial charge in [-0.15, -0.1) is 0 Å². The highest BCUT2D eigenvalue weighted by Crippen LogP contribution is 2.37. The molecule has 150 valence electrons. The van der Waals surface area contributed by atoms with Crippen molar-refractivity contribution >= 4 is 57.3 Å². The van der Waals surface area contributed by atoms with E-state index in [1.807, 2.05) is 49.3 Å². The predicted octanol–water partition coefficient (Wildman–Crippen LogP) is 5.07. The van der Waals surface area contributed by atoms with Gasteiger partial charge in [-0.25, -0.2) is 0 Å². The van der Waals surface area contributed by atoms with E-state index in [0.717, 1.165) is 30.0 Å². The normalized spacial score (nSPS) is 18.2. The van der Waals surface area contributed by atoms with Gasteiger partial charge in [0, 0.05) is 38.6 Å². The minimum absolute atomic E-state index is 0.0550. The highest BCUT2D eigenvalue weighted by atomic mass is 32.2. The molecule has 0 spiro atoms. The number of nitrogens with zero attached hydrogens (tertiary/aromatic N) is 3. The van der Waals surface area contributed by atoms with Crippen LogP contribution in [0, 0.1) is 6.92 Å². The first-order valence-electron chi connectivity index (χ1n) is 9.85. The molecule has 0 saturated carbocycles. The van der Waals surface area contributed by atoms with E-state index in [4.69, 9.17) is 12.2 Å². The van der Waals surface area contributed by atoms with Gasteiger partial charge in [0.15, 0.2) is 4.32 Å². The Morgan fingerprint density at radius 2 is 1.69 bits per heavy atom. The molecule has 0 atom stereocenters. The Kier molecular flexibility index (Phi) is 5.65. The number of aryl methyl sites for hydroxylation is 1. The molecule has 4 nitrogen and oxygen atoms in total. The highest BCUT2D eigenvalue weighted by molar-refractivity contribution is 8.27. The standard InChI is InChI=1S/C23H25N3OS2/c1-16-14-20(25-12-4-5-13-25)7-6-17(16)15-21-22(27)26(23(28)29-21)19-10-8-18(9-11-19)24(2)3/h6-11,14-15H,4-5,12-13H2,1-3H3. The van der Waals surface area contributed by atoms with E-state index in [1.165, 1.54) is 35.9 Å². The van der Waals surface area contributed by atoms with Gasteiger partial charge in [-0.05, 0) is 73.4 Å². The van der Waals surface area contributed by atoms with Gasteiger partial charge in [0.25, 0.3) is 5.91 Å². The molecule has 2 aromatic carbocycles. The molecule has 4 rings (SSSR count). The Morgan fingerprint density at radius 3 is 2.31 bits per heavy atom. The quantitative estimate of drug-likeness (QED) is 0.506. The van der Waals surface area contributed by atoms with Gasteiger partial charge in [0.05, 0.1) is 10.6 Å². The Balaban J connectivity index is 1.57. The average Bonchev–Trinajstić information content (AvgIpc) is 3.32. The molecule has 6 heteroatoms. The molecule has 0 aliphatic carbocycles. The molecule has 2 saturated heterocycles. The summed E-state index contributed by atoms with van der Waals surface area (Å²) < 4.78 is 0.574. The zero-order chi connectivity index (χ0) is 20.5. The molecule has 29 heavy (non-hydrogen) atoms. The highest BCUT2D eigenvalue weighted by Gasteiger charge is 2.33. The lowest BCUT2D eigenvalue weighted by molar-refractivity contribution is -0.113. The average molecular weight is 424 g/mol. The van der Waals surface area contributed by atoms with Crippen LogP contribution >= 0.6 is 24.0 Å². The summed E-state index contributed by atoms with van der Waals surface area (Å²) in [5, 5.41) is 0. The molecule has 0 bridgehead atoms. The van der Waals surface area contributed by atoms with Crippen LogP contribution < -0.4 is 14.7 Å². The smallest absolute Gasteiger partial charge is 0.270 e. The largest absolute Gasteiger partial charge is 0.378 e. The van der Waals surface area contributed by atoms with Crippen molar-refractivity contribution < 1.29 is 4.79 Å². The van der Waals surface area contributed by atoms with Crippen molar-refractivity contribution in [2.24, 2.45) is 0 Å². The molecule has 2 aliphatic rings. The second-order valence-corrected chi connectivity index (χ2v) is 9.34. The van der Waals surface area contributed by atoms with Gasteiger partial charge in [0.2, 0.25) is 0 Å². The van der Waals surface area contributed by atoms with E-state index in [1.54, 1.807) is 4.90 Å². The van der Waals surface area contributed by atoms with Gasteiger partial charge >= 0.3 is 0 Å². The number of carbonyl (C=O) groups excluding carboxylic acids is 1. The second kappa shape index (κ2) is 8.20. The Labute approximate surface area is 182 Å². The summed E-state index contributed by atoms with van der Waals surface area (Å²) in [4.78, 5) is 19.8. The summed E-state index contributed by atoms with van der Waals surface area (Å²) in [7, 11) is 3.99. The number of rotatable bonds is 4. The fraction of sp³-hybridized carbons (Fsp3) is 0.304. The molecule has 0 aromatic heterocycles. The van der Waals surface area contributed by atoms with Crippen LogP contribution in [0.15, 0.2) is 47.4 Å². The number of benzene rings is 2. The van der Waals surface area contributed by atoms with Gasteiger partial charge in [-0.2, -0.15) is 0 Å². The number of hydrogen-bond acceptors (Lipinski definition) is 5. The van der Waals surface area contributed by atoms with Gasteiger partial charge in [-0.3, -0.25) is 9.69 Å². The van der Waals surface area contributed by atoms with E-state index in [-0.39, 0.29) is 5.91 Å². The van der Waals surface area contributed by atoms with Crippen molar-refractivity contribution in [3.05, 3.63) is 58.5 Å². The van der Waals surface area contributed by atoms with E-state index < -0.39 is 0 Å². The lowest BCUT2D eigenvalue weighted by Crippen LogP contribution is -2.27. The maximum Gasteiger partial charge on any atom is 0.270 e. The van der Waals surface area contributed by atoms with Crippen molar-refractivity contribution in [3.63, 3.8) is 0 Å². The van der Waals surface area contributed by atoms with Gasteiger partial charge in [0.1, 0.15) is 0 Å². The van der Waals surface area contributed by atoms with Crippen LogP contribution in [0.4, 0.5) is 17.1 Å². The number of amides is 1. The summed E-state index contributed by atoms with van der Waals surface area (Å²) in [6.45, 7) is 4.36. The molecule has 0 N–H and O–H groups in total. The maximum absolute atomic E-state index is 13.1. The molecule has 0 unspecified atom stereocenters. The number of thiocarbonyl (C=S) groups is 1. The Bertz CT molecular complexity index is 976. The Morgan fingerprint density at radius 1 is 1.03 bits per heavy atom. The van der Waals surface area contributed by atoms with E-state index in [0.29, 0.717) is 9.23 Å².